The van der Waals surface area contributed by atoms with E-state index >= 15 is 0 Å². The fourth-order valence-corrected chi connectivity index (χ4v) is 7.79. The van der Waals surface area contributed by atoms with Crippen molar-refractivity contribution in [1.82, 2.24) is 9.13 Å². The van der Waals surface area contributed by atoms with Crippen LogP contribution in [0.4, 0.5) is 0 Å². The van der Waals surface area contributed by atoms with Gasteiger partial charge in [-0.15, -0.1) is 0 Å². The van der Waals surface area contributed by atoms with Gasteiger partial charge in [0.1, 0.15) is 0 Å². The van der Waals surface area contributed by atoms with Crippen molar-refractivity contribution in [2.45, 2.75) is 0 Å². The van der Waals surface area contributed by atoms with Crippen LogP contribution in [0.2, 0.25) is 0 Å². The second-order valence-corrected chi connectivity index (χ2v) is 12.8. The van der Waals surface area contributed by atoms with E-state index in [1.54, 1.807) is 0 Å². The van der Waals surface area contributed by atoms with Crippen molar-refractivity contribution in [3.63, 3.8) is 0 Å². The molecule has 10 rings (SSSR count). The van der Waals surface area contributed by atoms with Crippen LogP contribution in [0, 0.1) is 0 Å². The van der Waals surface area contributed by atoms with Gasteiger partial charge < -0.3 is 9.13 Å². The summed E-state index contributed by atoms with van der Waals surface area (Å²) in [6.07, 6.45) is 0. The lowest BCUT2D eigenvalue weighted by atomic mass is 9.95. The molecule has 0 aliphatic rings. The molecule has 10 aromatic rings. The third-order valence-electron chi connectivity index (χ3n) is 10.2. The van der Waals surface area contributed by atoms with Crippen molar-refractivity contribution in [3.8, 4) is 22.5 Å². The molecule has 2 nitrogen and oxygen atoms in total. The second-order valence-electron chi connectivity index (χ2n) is 12.8. The molecule has 0 saturated carbocycles. The molecule has 0 aliphatic carbocycles. The van der Waals surface area contributed by atoms with Crippen molar-refractivity contribution in [2.75, 3.05) is 0 Å². The van der Waals surface area contributed by atoms with Gasteiger partial charge in [-0.3, -0.25) is 0 Å². The molecular formula is C44H30N2. The van der Waals surface area contributed by atoms with Crippen LogP contribution in [-0.4, -0.2) is 9.13 Å². The van der Waals surface area contributed by atoms with Crippen molar-refractivity contribution in [2.24, 2.45) is 14.1 Å². The van der Waals surface area contributed by atoms with Crippen LogP contribution in [0.3, 0.4) is 0 Å². The maximum absolute atomic E-state index is 2.39. The summed E-state index contributed by atoms with van der Waals surface area (Å²) in [5.74, 6) is 0. The number of hydrogen-bond donors (Lipinski definition) is 0. The fourth-order valence-electron chi connectivity index (χ4n) is 7.79. The Morgan fingerprint density at radius 3 is 1.17 bits per heavy atom. The lowest BCUT2D eigenvalue weighted by molar-refractivity contribution is 0.979. The smallest absolute Gasteiger partial charge is 0.0489 e. The van der Waals surface area contributed by atoms with Crippen LogP contribution in [0.1, 0.15) is 0 Å². The molecular weight excluding hydrogens is 556 g/mol. The first-order valence-corrected chi connectivity index (χ1v) is 16.0. The molecule has 46 heavy (non-hydrogen) atoms. The highest BCUT2D eigenvalue weighted by molar-refractivity contribution is 6.21. The van der Waals surface area contributed by atoms with Gasteiger partial charge in [0.25, 0.3) is 0 Å². The molecule has 0 spiro atoms. The second kappa shape index (κ2) is 9.32. The summed E-state index contributed by atoms with van der Waals surface area (Å²) in [4.78, 5) is 0. The average molecular weight is 587 g/mol. The van der Waals surface area contributed by atoms with E-state index in [9.17, 15) is 0 Å². The Hall–Kier alpha value is -5.86. The zero-order chi connectivity index (χ0) is 30.5. The highest BCUT2D eigenvalue weighted by atomic mass is 14.9. The molecule has 2 aromatic heterocycles. The van der Waals surface area contributed by atoms with E-state index in [4.69, 9.17) is 0 Å². The van der Waals surface area contributed by atoms with Crippen molar-refractivity contribution < 1.29 is 0 Å². The number of aromatic nitrogens is 2. The van der Waals surface area contributed by atoms with E-state index in [0.717, 1.165) is 0 Å². The number of hydrogen-bond acceptors (Lipinski definition) is 0. The minimum Gasteiger partial charge on any atom is -0.344 e. The Morgan fingerprint density at radius 2 is 0.717 bits per heavy atom. The number of aryl methyl sites for hydroxylation is 2. The fraction of sp³-hybridized carbons (Fsp3) is 0.0455. The molecule has 0 atom stereocenters. The number of fused-ring (bicyclic) bond motifs is 9. The van der Waals surface area contributed by atoms with E-state index in [-0.39, 0.29) is 0 Å². The van der Waals surface area contributed by atoms with Gasteiger partial charge in [-0.1, -0.05) is 97.1 Å². The molecule has 0 fully saturated rings. The van der Waals surface area contributed by atoms with E-state index in [0.29, 0.717) is 0 Å². The maximum atomic E-state index is 2.39. The highest BCUT2D eigenvalue weighted by Gasteiger charge is 2.14. The van der Waals surface area contributed by atoms with E-state index in [1.807, 2.05) is 0 Å². The topological polar surface area (TPSA) is 9.86 Å². The number of nitrogens with zero attached hydrogens (tertiary/aromatic N) is 2. The van der Waals surface area contributed by atoms with Crippen LogP contribution in [0.25, 0.3) is 98.2 Å². The largest absolute Gasteiger partial charge is 0.344 e. The van der Waals surface area contributed by atoms with Crippen LogP contribution in [0.15, 0.2) is 146 Å². The monoisotopic (exact) mass is 586 g/mol. The SMILES string of the molecule is Cn1c(-c2ccc3ccccc3c2)cc2cc3ccc4c5cc6c(cc(-c7ccc8ccccc8c7)n6C)cc5ccc4c3cc21. The molecule has 0 N–H and O–H groups in total. The molecule has 0 aliphatic heterocycles. The summed E-state index contributed by atoms with van der Waals surface area (Å²) in [6, 6.07) is 54.1. The summed E-state index contributed by atoms with van der Waals surface area (Å²) in [6.45, 7) is 0. The number of rotatable bonds is 2. The van der Waals surface area contributed by atoms with Gasteiger partial charge in [0, 0.05) is 47.3 Å². The molecule has 0 saturated heterocycles. The van der Waals surface area contributed by atoms with Gasteiger partial charge in [0.15, 0.2) is 0 Å². The van der Waals surface area contributed by atoms with Crippen LogP contribution < -0.4 is 0 Å². The maximum Gasteiger partial charge on any atom is 0.0489 e. The summed E-state index contributed by atoms with van der Waals surface area (Å²) >= 11 is 0. The molecule has 0 radical (unpaired) electrons. The Morgan fingerprint density at radius 1 is 0.304 bits per heavy atom. The molecule has 0 amide bonds. The number of benzene rings is 8. The van der Waals surface area contributed by atoms with E-state index in [1.165, 1.54) is 98.2 Å². The summed E-state index contributed by atoms with van der Waals surface area (Å²) in [5.41, 5.74) is 7.46. The van der Waals surface area contributed by atoms with Gasteiger partial charge in [0.2, 0.25) is 0 Å². The van der Waals surface area contributed by atoms with Crippen LogP contribution in [0.5, 0.6) is 0 Å². The first-order valence-electron chi connectivity index (χ1n) is 16.0. The van der Waals surface area contributed by atoms with Crippen molar-refractivity contribution in [1.29, 1.82) is 0 Å². The molecule has 0 bridgehead atoms. The predicted octanol–water partition coefficient (Wildman–Crippen LogP) is 11.8. The average Bonchev–Trinajstić information content (AvgIpc) is 3.60. The summed E-state index contributed by atoms with van der Waals surface area (Å²) < 4.78 is 4.70. The van der Waals surface area contributed by atoms with Crippen molar-refractivity contribution >= 4 is 75.7 Å². The van der Waals surface area contributed by atoms with Crippen molar-refractivity contribution in [3.05, 3.63) is 146 Å². The first kappa shape index (κ1) is 25.5. The van der Waals surface area contributed by atoms with Gasteiger partial charge in [0.05, 0.1) is 0 Å². The van der Waals surface area contributed by atoms with Crippen LogP contribution >= 0.6 is 0 Å². The van der Waals surface area contributed by atoms with Gasteiger partial charge in [-0.05, 0) is 114 Å². The minimum absolute atomic E-state index is 1.24. The molecule has 2 heteroatoms. The quantitative estimate of drug-likeness (QED) is 0.178. The third kappa shape index (κ3) is 3.64. The molecule has 216 valence electrons. The lowest BCUT2D eigenvalue weighted by Crippen LogP contribution is -1.92. The Kier molecular flexibility index (Phi) is 5.16. The first-order chi connectivity index (χ1) is 22.6. The predicted molar refractivity (Wildman–Crippen MR) is 198 cm³/mol. The van der Waals surface area contributed by atoms with Gasteiger partial charge >= 0.3 is 0 Å². The normalized spacial score (nSPS) is 12.1. The minimum atomic E-state index is 1.24. The van der Waals surface area contributed by atoms with E-state index < -0.39 is 0 Å². The molecule has 8 aromatic carbocycles. The lowest BCUT2D eigenvalue weighted by Gasteiger charge is -2.10. The Labute approximate surface area is 266 Å². The Balaban J connectivity index is 1.15. The third-order valence-corrected chi connectivity index (χ3v) is 10.2. The Bertz CT molecular complexity index is 2680. The molecule has 2 heterocycles. The highest BCUT2D eigenvalue weighted by Crippen LogP contribution is 2.39. The zero-order valence-corrected chi connectivity index (χ0v) is 25.8. The standard InChI is InChI=1S/C44H30N2/c1-45-41(33-13-11-27-7-3-5-9-29(27)19-33)23-35-21-31-15-18-38-37(39(31)25-43(35)45)17-16-32-22-36-24-42(46(2)44(36)26-40(32)38)34-14-12-28-8-4-6-10-30(28)20-34/h3-26H,1-2H3. The van der Waals surface area contributed by atoms with Gasteiger partial charge in [-0.25, -0.2) is 0 Å². The summed E-state index contributed by atoms with van der Waals surface area (Å²) in [7, 11) is 4.39. The summed E-state index contributed by atoms with van der Waals surface area (Å²) in [5, 5.41) is 15.3. The molecule has 0 unspecified atom stereocenters. The van der Waals surface area contributed by atoms with E-state index in [2.05, 4.69) is 169 Å². The van der Waals surface area contributed by atoms with Gasteiger partial charge in [-0.2, -0.15) is 0 Å². The van der Waals surface area contributed by atoms with Crippen LogP contribution in [-0.2, 0) is 14.1 Å². The zero-order valence-electron chi connectivity index (χ0n) is 25.8.